The zero-order chi connectivity index (χ0) is 14.0. The van der Waals surface area contributed by atoms with E-state index in [2.05, 4.69) is 4.74 Å². The standard InChI is InChI=1S/C13H12O6/c1-17-7-3-4-8-10(5-7)19-6-9(11(8)14)12(15)13(16)18-2/h3-5,9H,6H2,1-2H3. The van der Waals surface area contributed by atoms with Crippen LogP contribution in [0.15, 0.2) is 18.2 Å². The zero-order valence-electron chi connectivity index (χ0n) is 10.5. The van der Waals surface area contributed by atoms with Gasteiger partial charge in [-0.25, -0.2) is 4.79 Å². The highest BCUT2D eigenvalue weighted by Gasteiger charge is 2.38. The average molecular weight is 264 g/mol. The van der Waals surface area contributed by atoms with E-state index in [1.165, 1.54) is 13.2 Å². The van der Waals surface area contributed by atoms with Gasteiger partial charge < -0.3 is 14.2 Å². The van der Waals surface area contributed by atoms with E-state index in [9.17, 15) is 14.4 Å². The van der Waals surface area contributed by atoms with Crippen molar-refractivity contribution in [1.29, 1.82) is 0 Å². The summed E-state index contributed by atoms with van der Waals surface area (Å²) in [6, 6.07) is 4.66. The Kier molecular flexibility index (Phi) is 3.50. The van der Waals surface area contributed by atoms with Gasteiger partial charge in [-0.1, -0.05) is 0 Å². The van der Waals surface area contributed by atoms with Crippen LogP contribution in [0.4, 0.5) is 0 Å². The van der Waals surface area contributed by atoms with Crippen molar-refractivity contribution in [1.82, 2.24) is 0 Å². The van der Waals surface area contributed by atoms with Gasteiger partial charge >= 0.3 is 5.97 Å². The first-order valence-corrected chi connectivity index (χ1v) is 5.55. The summed E-state index contributed by atoms with van der Waals surface area (Å²) in [6.45, 7) is -0.174. The Balaban J connectivity index is 2.30. The number of esters is 1. The van der Waals surface area contributed by atoms with E-state index in [4.69, 9.17) is 9.47 Å². The van der Waals surface area contributed by atoms with Gasteiger partial charge in [-0.15, -0.1) is 0 Å². The summed E-state index contributed by atoms with van der Waals surface area (Å²) in [7, 11) is 2.59. The summed E-state index contributed by atoms with van der Waals surface area (Å²) in [5.74, 6) is -2.64. The Morgan fingerprint density at radius 3 is 2.68 bits per heavy atom. The van der Waals surface area contributed by atoms with Crippen LogP contribution in [0.3, 0.4) is 0 Å². The molecule has 0 spiro atoms. The van der Waals surface area contributed by atoms with E-state index in [-0.39, 0.29) is 12.2 Å². The van der Waals surface area contributed by atoms with Crippen LogP contribution in [0.2, 0.25) is 0 Å². The molecule has 1 heterocycles. The third kappa shape index (κ3) is 2.29. The second-order valence-corrected chi connectivity index (χ2v) is 3.95. The van der Waals surface area contributed by atoms with Crippen molar-refractivity contribution < 1.29 is 28.6 Å². The molecule has 0 bridgehead atoms. The molecule has 2 rings (SSSR count). The third-order valence-corrected chi connectivity index (χ3v) is 2.88. The summed E-state index contributed by atoms with van der Waals surface area (Å²) in [5.41, 5.74) is 0.259. The normalized spacial score (nSPS) is 17.2. The van der Waals surface area contributed by atoms with Crippen molar-refractivity contribution in [3.8, 4) is 11.5 Å². The molecule has 1 unspecified atom stereocenters. The second-order valence-electron chi connectivity index (χ2n) is 3.95. The Morgan fingerprint density at radius 1 is 1.32 bits per heavy atom. The van der Waals surface area contributed by atoms with Gasteiger partial charge in [-0.2, -0.15) is 0 Å². The maximum atomic E-state index is 12.1. The van der Waals surface area contributed by atoms with Crippen molar-refractivity contribution in [2.75, 3.05) is 20.8 Å². The fourth-order valence-corrected chi connectivity index (χ4v) is 1.83. The van der Waals surface area contributed by atoms with Crippen LogP contribution in [0.5, 0.6) is 11.5 Å². The first-order valence-electron chi connectivity index (χ1n) is 5.55. The van der Waals surface area contributed by atoms with E-state index < -0.39 is 23.5 Å². The molecule has 0 aliphatic carbocycles. The summed E-state index contributed by atoms with van der Waals surface area (Å²) in [4.78, 5) is 35.0. The number of ketones is 2. The minimum atomic E-state index is -1.15. The molecule has 6 heteroatoms. The van der Waals surface area contributed by atoms with Gasteiger partial charge in [0.25, 0.3) is 5.78 Å². The summed E-state index contributed by atoms with van der Waals surface area (Å²) >= 11 is 0. The maximum Gasteiger partial charge on any atom is 0.375 e. The summed E-state index contributed by atoms with van der Waals surface area (Å²) in [6.07, 6.45) is 0. The number of carbonyl (C=O) groups excluding carboxylic acids is 3. The van der Waals surface area contributed by atoms with Crippen LogP contribution in [-0.4, -0.2) is 38.4 Å². The van der Waals surface area contributed by atoms with Gasteiger partial charge in [-0.3, -0.25) is 9.59 Å². The Hall–Kier alpha value is -2.37. The van der Waals surface area contributed by atoms with Crippen molar-refractivity contribution in [2.45, 2.75) is 0 Å². The quantitative estimate of drug-likeness (QED) is 0.452. The molecule has 1 aliphatic rings. The number of methoxy groups -OCH3 is 2. The number of hydrogen-bond acceptors (Lipinski definition) is 6. The largest absolute Gasteiger partial charge is 0.497 e. The summed E-state index contributed by atoms with van der Waals surface area (Å²) in [5, 5.41) is 0. The SMILES string of the molecule is COC(=O)C(=O)C1COc2cc(OC)ccc2C1=O. The molecule has 0 saturated heterocycles. The highest BCUT2D eigenvalue weighted by Crippen LogP contribution is 2.31. The molecular weight excluding hydrogens is 252 g/mol. The molecule has 6 nitrogen and oxygen atoms in total. The Bertz CT molecular complexity index is 548. The van der Waals surface area contributed by atoms with Crippen molar-refractivity contribution >= 4 is 17.5 Å². The van der Waals surface area contributed by atoms with Crippen molar-refractivity contribution in [2.24, 2.45) is 5.92 Å². The number of ether oxygens (including phenoxy) is 3. The van der Waals surface area contributed by atoms with Gasteiger partial charge in [0.2, 0.25) is 0 Å². The molecular formula is C13H12O6. The van der Waals surface area contributed by atoms with Gasteiger partial charge in [0, 0.05) is 6.07 Å². The molecule has 0 radical (unpaired) electrons. The van der Waals surface area contributed by atoms with Crippen molar-refractivity contribution in [3.05, 3.63) is 23.8 Å². The lowest BCUT2D eigenvalue weighted by molar-refractivity contribution is -0.153. The van der Waals surface area contributed by atoms with Crippen LogP contribution in [0.1, 0.15) is 10.4 Å². The average Bonchev–Trinajstić information content (AvgIpc) is 2.45. The van der Waals surface area contributed by atoms with E-state index in [0.717, 1.165) is 7.11 Å². The second kappa shape index (κ2) is 5.09. The number of hydrogen-bond donors (Lipinski definition) is 0. The fourth-order valence-electron chi connectivity index (χ4n) is 1.83. The smallest absolute Gasteiger partial charge is 0.375 e. The van der Waals surface area contributed by atoms with Gasteiger partial charge in [0.1, 0.15) is 24.0 Å². The van der Waals surface area contributed by atoms with Crippen LogP contribution < -0.4 is 9.47 Å². The number of benzene rings is 1. The van der Waals surface area contributed by atoms with E-state index in [1.54, 1.807) is 12.1 Å². The molecule has 19 heavy (non-hydrogen) atoms. The molecule has 0 aromatic heterocycles. The molecule has 0 amide bonds. The highest BCUT2D eigenvalue weighted by atomic mass is 16.5. The Labute approximate surface area is 109 Å². The molecule has 0 saturated carbocycles. The first-order chi connectivity index (χ1) is 9.08. The fraction of sp³-hybridized carbons (Fsp3) is 0.308. The molecule has 0 fully saturated rings. The topological polar surface area (TPSA) is 78.9 Å². The number of rotatable bonds is 3. The minimum Gasteiger partial charge on any atom is -0.497 e. The summed E-state index contributed by atoms with van der Waals surface area (Å²) < 4.78 is 14.7. The predicted molar refractivity (Wildman–Crippen MR) is 63.3 cm³/mol. The van der Waals surface area contributed by atoms with E-state index in [0.29, 0.717) is 11.5 Å². The molecule has 1 aromatic carbocycles. The molecule has 1 aromatic rings. The highest BCUT2D eigenvalue weighted by molar-refractivity contribution is 6.39. The maximum absolute atomic E-state index is 12.1. The van der Waals surface area contributed by atoms with Crippen LogP contribution in [0, 0.1) is 5.92 Å². The number of carbonyl (C=O) groups is 3. The molecule has 100 valence electrons. The number of Topliss-reactive ketones (excluding diaryl/α,β-unsaturated/α-hetero) is 2. The zero-order valence-corrected chi connectivity index (χ0v) is 10.5. The van der Waals surface area contributed by atoms with Crippen LogP contribution in [-0.2, 0) is 14.3 Å². The van der Waals surface area contributed by atoms with E-state index >= 15 is 0 Å². The third-order valence-electron chi connectivity index (χ3n) is 2.88. The lowest BCUT2D eigenvalue weighted by Crippen LogP contribution is -2.38. The minimum absolute atomic E-state index is 0.174. The predicted octanol–water partition coefficient (Wildman–Crippen LogP) is 0.629. The van der Waals surface area contributed by atoms with E-state index in [1.807, 2.05) is 0 Å². The monoisotopic (exact) mass is 264 g/mol. The lowest BCUT2D eigenvalue weighted by Gasteiger charge is -2.22. The molecule has 1 atom stereocenters. The van der Waals surface area contributed by atoms with Crippen LogP contribution in [0.25, 0.3) is 0 Å². The molecule has 0 N–H and O–H groups in total. The van der Waals surface area contributed by atoms with Gasteiger partial charge in [0.05, 0.1) is 19.8 Å². The van der Waals surface area contributed by atoms with Gasteiger partial charge in [0.15, 0.2) is 5.78 Å². The van der Waals surface area contributed by atoms with Crippen molar-refractivity contribution in [3.63, 3.8) is 0 Å². The van der Waals surface area contributed by atoms with Gasteiger partial charge in [-0.05, 0) is 12.1 Å². The lowest BCUT2D eigenvalue weighted by atomic mass is 9.91. The molecule has 1 aliphatic heterocycles. The first kappa shape index (κ1) is 13.1. The Morgan fingerprint density at radius 2 is 2.05 bits per heavy atom. The number of fused-ring (bicyclic) bond motifs is 1. The van der Waals surface area contributed by atoms with Crippen LogP contribution >= 0.6 is 0 Å².